The quantitative estimate of drug-likeness (QED) is 0.930. The van der Waals surface area contributed by atoms with E-state index in [0.29, 0.717) is 30.0 Å². The average molecular weight is 312 g/mol. The molecule has 21 heavy (non-hydrogen) atoms. The molecule has 2 aliphatic rings. The van der Waals surface area contributed by atoms with Crippen molar-refractivity contribution >= 4 is 11.6 Å². The van der Waals surface area contributed by atoms with Crippen molar-refractivity contribution in [2.45, 2.75) is 38.1 Å². The van der Waals surface area contributed by atoms with E-state index in [4.69, 9.17) is 25.8 Å². The van der Waals surface area contributed by atoms with Crippen LogP contribution >= 0.6 is 11.6 Å². The monoisotopic (exact) mass is 311 g/mol. The van der Waals surface area contributed by atoms with Gasteiger partial charge in [0.05, 0.1) is 25.3 Å². The summed E-state index contributed by atoms with van der Waals surface area (Å²) in [4.78, 5) is 0. The van der Waals surface area contributed by atoms with Crippen molar-refractivity contribution in [3.8, 4) is 17.2 Å². The molecule has 0 amide bonds. The summed E-state index contributed by atoms with van der Waals surface area (Å²) < 4.78 is 17.2. The van der Waals surface area contributed by atoms with Crippen LogP contribution in [-0.4, -0.2) is 32.9 Å². The Morgan fingerprint density at radius 3 is 2.90 bits per heavy atom. The maximum atomic E-state index is 6.36. The van der Waals surface area contributed by atoms with E-state index in [1.165, 1.54) is 19.3 Å². The smallest absolute Gasteiger partial charge is 0.168 e. The summed E-state index contributed by atoms with van der Waals surface area (Å²) in [5, 5.41) is 4.16. The third-order valence-corrected chi connectivity index (χ3v) is 4.39. The van der Waals surface area contributed by atoms with Gasteiger partial charge in [0.15, 0.2) is 11.5 Å². The van der Waals surface area contributed by atoms with Crippen molar-refractivity contribution in [1.29, 1.82) is 0 Å². The van der Waals surface area contributed by atoms with Gasteiger partial charge in [-0.25, -0.2) is 0 Å². The number of fused-ring (bicyclic) bond motifs is 1. The van der Waals surface area contributed by atoms with Crippen molar-refractivity contribution in [3.63, 3.8) is 0 Å². The second-order valence-corrected chi connectivity index (χ2v) is 6.01. The number of rotatable bonds is 3. The summed E-state index contributed by atoms with van der Waals surface area (Å²) in [7, 11) is 1.66. The first-order chi connectivity index (χ1) is 10.3. The third kappa shape index (κ3) is 3.22. The van der Waals surface area contributed by atoms with E-state index in [0.717, 1.165) is 36.4 Å². The molecule has 0 spiro atoms. The number of hydrogen-bond donors (Lipinski definition) is 1. The summed E-state index contributed by atoms with van der Waals surface area (Å²) >= 11 is 6.36. The molecule has 3 rings (SSSR count). The maximum Gasteiger partial charge on any atom is 0.168 e. The second kappa shape index (κ2) is 6.75. The highest BCUT2D eigenvalue weighted by atomic mass is 35.5. The van der Waals surface area contributed by atoms with Gasteiger partial charge in [0, 0.05) is 24.1 Å². The number of methoxy groups -OCH3 is 1. The van der Waals surface area contributed by atoms with E-state index in [-0.39, 0.29) is 0 Å². The van der Waals surface area contributed by atoms with E-state index in [9.17, 15) is 0 Å². The molecule has 1 aromatic carbocycles. The summed E-state index contributed by atoms with van der Waals surface area (Å²) in [6.07, 6.45) is 5.43. The van der Waals surface area contributed by atoms with Crippen LogP contribution in [0.5, 0.6) is 17.2 Å². The molecule has 0 bridgehead atoms. The molecule has 1 atom stereocenters. The van der Waals surface area contributed by atoms with Crippen LogP contribution in [-0.2, 0) is 6.42 Å². The van der Waals surface area contributed by atoms with Crippen LogP contribution in [0.15, 0.2) is 6.07 Å². The number of halogens is 1. The summed E-state index contributed by atoms with van der Waals surface area (Å²) in [5.74, 6) is 2.26. The molecule has 5 heteroatoms. The molecule has 4 nitrogen and oxygen atoms in total. The standard InChI is InChI=1S/C16H22ClNO3/c1-19-15-12(9-11-5-2-3-6-18-11)16-14(10-13(15)17)20-7-4-8-21-16/h10-11,18H,2-9H2,1H3. The van der Waals surface area contributed by atoms with Gasteiger partial charge in [-0.1, -0.05) is 18.0 Å². The van der Waals surface area contributed by atoms with Crippen LogP contribution in [0.1, 0.15) is 31.2 Å². The highest BCUT2D eigenvalue weighted by molar-refractivity contribution is 6.32. The zero-order valence-corrected chi connectivity index (χ0v) is 13.2. The van der Waals surface area contributed by atoms with Gasteiger partial charge in [-0.2, -0.15) is 0 Å². The molecule has 1 saturated heterocycles. The highest BCUT2D eigenvalue weighted by Gasteiger charge is 2.25. The SMILES string of the molecule is COc1c(Cl)cc2c(c1CC1CCCCN1)OCCCO2. The molecule has 0 aromatic heterocycles. The normalized spacial score (nSPS) is 21.7. The molecular weight excluding hydrogens is 290 g/mol. The van der Waals surface area contributed by atoms with Crippen molar-refractivity contribution in [2.24, 2.45) is 0 Å². The molecule has 116 valence electrons. The van der Waals surface area contributed by atoms with Gasteiger partial charge < -0.3 is 19.5 Å². The summed E-state index contributed by atoms with van der Waals surface area (Å²) in [6.45, 7) is 2.41. The summed E-state index contributed by atoms with van der Waals surface area (Å²) in [6, 6.07) is 2.25. The van der Waals surface area contributed by atoms with Crippen molar-refractivity contribution in [2.75, 3.05) is 26.9 Å². The number of nitrogens with one attached hydrogen (secondary N) is 1. The van der Waals surface area contributed by atoms with Crippen LogP contribution in [0.4, 0.5) is 0 Å². The van der Waals surface area contributed by atoms with Crippen LogP contribution in [0.25, 0.3) is 0 Å². The minimum atomic E-state index is 0.446. The Bertz CT molecular complexity index is 501. The van der Waals surface area contributed by atoms with Gasteiger partial charge in [-0.15, -0.1) is 0 Å². The molecule has 1 aromatic rings. The number of benzene rings is 1. The van der Waals surface area contributed by atoms with Crippen molar-refractivity contribution < 1.29 is 14.2 Å². The zero-order valence-electron chi connectivity index (χ0n) is 12.4. The first-order valence-corrected chi connectivity index (χ1v) is 8.05. The van der Waals surface area contributed by atoms with E-state index in [1.807, 2.05) is 0 Å². The molecule has 0 radical (unpaired) electrons. The molecule has 0 saturated carbocycles. The first-order valence-electron chi connectivity index (χ1n) is 7.68. The Kier molecular flexibility index (Phi) is 4.76. The fourth-order valence-electron chi connectivity index (χ4n) is 3.07. The van der Waals surface area contributed by atoms with Gasteiger partial charge in [0.2, 0.25) is 0 Å². The fraction of sp³-hybridized carbons (Fsp3) is 0.625. The van der Waals surface area contributed by atoms with Crippen LogP contribution in [0.2, 0.25) is 5.02 Å². The van der Waals surface area contributed by atoms with Gasteiger partial charge in [0.1, 0.15) is 5.75 Å². The molecule has 1 fully saturated rings. The van der Waals surface area contributed by atoms with Gasteiger partial charge in [-0.3, -0.25) is 0 Å². The molecule has 1 N–H and O–H groups in total. The molecule has 0 aliphatic carbocycles. The third-order valence-electron chi connectivity index (χ3n) is 4.11. The molecule has 2 aliphatic heterocycles. The van der Waals surface area contributed by atoms with Crippen LogP contribution in [0, 0.1) is 0 Å². The van der Waals surface area contributed by atoms with Crippen LogP contribution < -0.4 is 19.5 Å². The fourth-order valence-corrected chi connectivity index (χ4v) is 3.36. The van der Waals surface area contributed by atoms with E-state index in [1.54, 1.807) is 13.2 Å². The number of ether oxygens (including phenoxy) is 3. The minimum absolute atomic E-state index is 0.446. The predicted molar refractivity (Wildman–Crippen MR) is 83.0 cm³/mol. The Hall–Kier alpha value is -1.13. The Balaban J connectivity index is 1.96. The van der Waals surface area contributed by atoms with E-state index in [2.05, 4.69) is 5.32 Å². The molecular formula is C16H22ClNO3. The Morgan fingerprint density at radius 2 is 2.14 bits per heavy atom. The lowest BCUT2D eigenvalue weighted by atomic mass is 9.96. The van der Waals surface area contributed by atoms with Gasteiger partial charge >= 0.3 is 0 Å². The first kappa shape index (κ1) is 14.8. The highest BCUT2D eigenvalue weighted by Crippen LogP contribution is 2.44. The lowest BCUT2D eigenvalue weighted by molar-refractivity contribution is 0.294. The zero-order chi connectivity index (χ0) is 14.7. The summed E-state index contributed by atoms with van der Waals surface area (Å²) in [5.41, 5.74) is 1.03. The number of piperidine rings is 1. The lowest BCUT2D eigenvalue weighted by Gasteiger charge is -2.26. The minimum Gasteiger partial charge on any atom is -0.495 e. The predicted octanol–water partition coefficient (Wildman–Crippen LogP) is 3.19. The largest absolute Gasteiger partial charge is 0.495 e. The number of hydrogen-bond acceptors (Lipinski definition) is 4. The lowest BCUT2D eigenvalue weighted by Crippen LogP contribution is -2.35. The van der Waals surface area contributed by atoms with Gasteiger partial charge in [-0.05, 0) is 25.8 Å². The average Bonchev–Trinajstić information content (AvgIpc) is 2.73. The van der Waals surface area contributed by atoms with Crippen molar-refractivity contribution in [1.82, 2.24) is 5.32 Å². The Labute approximate surface area is 130 Å². The second-order valence-electron chi connectivity index (χ2n) is 5.60. The molecule has 1 unspecified atom stereocenters. The maximum absolute atomic E-state index is 6.36. The van der Waals surface area contributed by atoms with Crippen molar-refractivity contribution in [3.05, 3.63) is 16.7 Å². The Morgan fingerprint density at radius 1 is 1.29 bits per heavy atom. The van der Waals surface area contributed by atoms with Crippen LogP contribution in [0.3, 0.4) is 0 Å². The van der Waals surface area contributed by atoms with E-state index < -0.39 is 0 Å². The van der Waals surface area contributed by atoms with E-state index >= 15 is 0 Å². The van der Waals surface area contributed by atoms with Gasteiger partial charge in [0.25, 0.3) is 0 Å². The topological polar surface area (TPSA) is 39.7 Å². The molecule has 2 heterocycles.